The molecular weight excluding hydrogens is 256 g/mol. The normalized spacial score (nSPS) is 20.9. The van der Waals surface area contributed by atoms with Crippen molar-refractivity contribution in [1.82, 2.24) is 9.80 Å². The van der Waals surface area contributed by atoms with E-state index >= 15 is 0 Å². The molecule has 1 aromatic rings. The molecule has 1 heterocycles. The van der Waals surface area contributed by atoms with Crippen LogP contribution in [0.15, 0.2) is 18.2 Å². The van der Waals surface area contributed by atoms with Crippen LogP contribution in [0.3, 0.4) is 0 Å². The highest BCUT2D eigenvalue weighted by Crippen LogP contribution is 2.22. The van der Waals surface area contributed by atoms with E-state index in [1.807, 2.05) is 12.1 Å². The Labute approximate surface area is 119 Å². The molecule has 0 radical (unpaired) electrons. The zero-order valence-corrected chi connectivity index (χ0v) is 12.3. The summed E-state index contributed by atoms with van der Waals surface area (Å²) < 4.78 is 5.17. The standard InChI is InChI=1S/C15H22N2O3/c1-11-9-16(2)6-7-17(11)10-12-4-5-13(15(18)19)14(8-12)20-3/h4-5,8,11H,6-7,9-10H2,1-3H3,(H,18,19). The van der Waals surface area contributed by atoms with Crippen LogP contribution in [0.25, 0.3) is 0 Å². The Balaban J connectivity index is 2.12. The van der Waals surface area contributed by atoms with E-state index in [0.29, 0.717) is 11.8 Å². The number of nitrogens with zero attached hydrogens (tertiary/aromatic N) is 2. The molecule has 1 aromatic carbocycles. The lowest BCUT2D eigenvalue weighted by Crippen LogP contribution is -2.49. The molecule has 1 unspecified atom stereocenters. The molecule has 1 aliphatic rings. The van der Waals surface area contributed by atoms with Gasteiger partial charge in [-0.05, 0) is 31.7 Å². The molecule has 2 rings (SSSR count). The SMILES string of the molecule is COc1cc(CN2CCN(C)CC2C)ccc1C(=O)O. The first-order valence-electron chi connectivity index (χ1n) is 6.84. The number of aromatic carboxylic acids is 1. The van der Waals surface area contributed by atoms with Crippen LogP contribution in [0.2, 0.25) is 0 Å². The molecule has 5 nitrogen and oxygen atoms in total. The van der Waals surface area contributed by atoms with Crippen molar-refractivity contribution in [2.75, 3.05) is 33.8 Å². The average molecular weight is 278 g/mol. The fourth-order valence-corrected chi connectivity index (χ4v) is 2.66. The summed E-state index contributed by atoms with van der Waals surface area (Å²) in [5.74, 6) is -0.529. The second-order valence-corrected chi connectivity index (χ2v) is 5.42. The summed E-state index contributed by atoms with van der Waals surface area (Å²) in [6.07, 6.45) is 0. The van der Waals surface area contributed by atoms with Crippen LogP contribution in [0.4, 0.5) is 0 Å². The zero-order valence-electron chi connectivity index (χ0n) is 12.3. The molecular formula is C15H22N2O3. The number of methoxy groups -OCH3 is 1. The summed E-state index contributed by atoms with van der Waals surface area (Å²) in [5.41, 5.74) is 1.30. The Bertz CT molecular complexity index is 490. The molecule has 0 saturated carbocycles. The van der Waals surface area contributed by atoms with Crippen LogP contribution in [-0.4, -0.2) is 60.7 Å². The molecule has 110 valence electrons. The van der Waals surface area contributed by atoms with Crippen LogP contribution in [0.1, 0.15) is 22.8 Å². The minimum Gasteiger partial charge on any atom is -0.496 e. The molecule has 1 aliphatic heterocycles. The van der Waals surface area contributed by atoms with Gasteiger partial charge in [0.1, 0.15) is 11.3 Å². The highest BCUT2D eigenvalue weighted by atomic mass is 16.5. The van der Waals surface area contributed by atoms with E-state index in [0.717, 1.165) is 31.7 Å². The lowest BCUT2D eigenvalue weighted by atomic mass is 10.1. The molecule has 1 atom stereocenters. The molecule has 1 saturated heterocycles. The van der Waals surface area contributed by atoms with Gasteiger partial charge in [0.15, 0.2) is 0 Å². The lowest BCUT2D eigenvalue weighted by molar-refractivity contribution is 0.0693. The van der Waals surface area contributed by atoms with E-state index in [4.69, 9.17) is 9.84 Å². The van der Waals surface area contributed by atoms with Gasteiger partial charge in [0, 0.05) is 32.2 Å². The highest BCUT2D eigenvalue weighted by molar-refractivity contribution is 5.90. The quantitative estimate of drug-likeness (QED) is 0.905. The molecule has 5 heteroatoms. The van der Waals surface area contributed by atoms with Crippen molar-refractivity contribution >= 4 is 5.97 Å². The maximum atomic E-state index is 11.1. The maximum Gasteiger partial charge on any atom is 0.339 e. The van der Waals surface area contributed by atoms with Crippen LogP contribution < -0.4 is 4.74 Å². The molecule has 1 fully saturated rings. The Morgan fingerprint density at radius 3 is 2.80 bits per heavy atom. The maximum absolute atomic E-state index is 11.1. The van der Waals surface area contributed by atoms with Gasteiger partial charge in [-0.1, -0.05) is 6.07 Å². The fourth-order valence-electron chi connectivity index (χ4n) is 2.66. The van der Waals surface area contributed by atoms with E-state index < -0.39 is 5.97 Å². The van der Waals surface area contributed by atoms with Crippen molar-refractivity contribution in [3.05, 3.63) is 29.3 Å². The van der Waals surface area contributed by atoms with E-state index in [2.05, 4.69) is 23.8 Å². The molecule has 0 aromatic heterocycles. The summed E-state index contributed by atoms with van der Waals surface area (Å²) >= 11 is 0. The van der Waals surface area contributed by atoms with Gasteiger partial charge in [0.05, 0.1) is 7.11 Å². The number of carbonyl (C=O) groups is 1. The highest BCUT2D eigenvalue weighted by Gasteiger charge is 2.22. The summed E-state index contributed by atoms with van der Waals surface area (Å²) in [5, 5.41) is 9.08. The Hall–Kier alpha value is -1.59. The summed E-state index contributed by atoms with van der Waals surface area (Å²) in [6.45, 7) is 6.20. The van der Waals surface area contributed by atoms with E-state index in [1.54, 1.807) is 6.07 Å². The Morgan fingerprint density at radius 2 is 2.20 bits per heavy atom. The fraction of sp³-hybridized carbons (Fsp3) is 0.533. The first-order valence-corrected chi connectivity index (χ1v) is 6.84. The number of hydrogen-bond acceptors (Lipinski definition) is 4. The summed E-state index contributed by atoms with van der Waals surface area (Å²) in [7, 11) is 3.64. The Morgan fingerprint density at radius 1 is 1.45 bits per heavy atom. The third-order valence-corrected chi connectivity index (χ3v) is 3.85. The van der Waals surface area contributed by atoms with Gasteiger partial charge in [0.25, 0.3) is 0 Å². The minimum absolute atomic E-state index is 0.211. The monoisotopic (exact) mass is 278 g/mol. The molecule has 0 bridgehead atoms. The smallest absolute Gasteiger partial charge is 0.339 e. The van der Waals surface area contributed by atoms with Crippen molar-refractivity contribution in [2.24, 2.45) is 0 Å². The molecule has 0 amide bonds. The average Bonchev–Trinajstić information content (AvgIpc) is 2.41. The predicted molar refractivity (Wildman–Crippen MR) is 77.3 cm³/mol. The molecule has 0 aliphatic carbocycles. The van der Waals surface area contributed by atoms with Crippen LogP contribution >= 0.6 is 0 Å². The van der Waals surface area contributed by atoms with Gasteiger partial charge in [0.2, 0.25) is 0 Å². The first kappa shape index (κ1) is 14.8. The number of rotatable bonds is 4. The van der Waals surface area contributed by atoms with Crippen molar-refractivity contribution in [3.8, 4) is 5.75 Å². The van der Waals surface area contributed by atoms with Crippen LogP contribution in [0, 0.1) is 0 Å². The molecule has 0 spiro atoms. The van der Waals surface area contributed by atoms with E-state index in [9.17, 15) is 4.79 Å². The first-order chi connectivity index (χ1) is 9.51. The molecule has 1 N–H and O–H groups in total. The summed E-state index contributed by atoms with van der Waals surface area (Å²) in [4.78, 5) is 15.8. The van der Waals surface area contributed by atoms with Crippen molar-refractivity contribution < 1.29 is 14.6 Å². The largest absolute Gasteiger partial charge is 0.496 e. The van der Waals surface area contributed by atoms with Crippen molar-refractivity contribution in [3.63, 3.8) is 0 Å². The minimum atomic E-state index is -0.957. The molecule has 20 heavy (non-hydrogen) atoms. The van der Waals surface area contributed by atoms with Gasteiger partial charge in [-0.3, -0.25) is 4.90 Å². The number of ether oxygens (including phenoxy) is 1. The number of carboxylic acids is 1. The van der Waals surface area contributed by atoms with Crippen molar-refractivity contribution in [1.29, 1.82) is 0 Å². The zero-order chi connectivity index (χ0) is 14.7. The number of likely N-dealkylation sites (N-methyl/N-ethyl adjacent to an activating group) is 1. The van der Waals surface area contributed by atoms with Gasteiger partial charge >= 0.3 is 5.97 Å². The van der Waals surface area contributed by atoms with Crippen LogP contribution in [0.5, 0.6) is 5.75 Å². The number of benzene rings is 1. The Kier molecular flexibility index (Phi) is 4.62. The third-order valence-electron chi connectivity index (χ3n) is 3.85. The van der Waals surface area contributed by atoms with Gasteiger partial charge in [-0.25, -0.2) is 4.79 Å². The number of piperazine rings is 1. The van der Waals surface area contributed by atoms with E-state index in [-0.39, 0.29) is 5.56 Å². The van der Waals surface area contributed by atoms with Crippen molar-refractivity contribution in [2.45, 2.75) is 19.5 Å². The van der Waals surface area contributed by atoms with Gasteiger partial charge in [-0.15, -0.1) is 0 Å². The second kappa shape index (κ2) is 6.24. The van der Waals surface area contributed by atoms with E-state index in [1.165, 1.54) is 7.11 Å². The summed E-state index contributed by atoms with van der Waals surface area (Å²) in [6, 6.07) is 5.82. The van der Waals surface area contributed by atoms with Gasteiger partial charge < -0.3 is 14.7 Å². The number of hydrogen-bond donors (Lipinski definition) is 1. The van der Waals surface area contributed by atoms with Gasteiger partial charge in [-0.2, -0.15) is 0 Å². The second-order valence-electron chi connectivity index (χ2n) is 5.42. The third kappa shape index (κ3) is 3.29. The lowest BCUT2D eigenvalue weighted by Gasteiger charge is -2.38. The number of carboxylic acid groups (broad SMARTS) is 1. The topological polar surface area (TPSA) is 53.0 Å². The predicted octanol–water partition coefficient (Wildman–Crippen LogP) is 1.53. The van der Waals surface area contributed by atoms with Crippen LogP contribution in [-0.2, 0) is 6.54 Å².